The zero-order valence-electron chi connectivity index (χ0n) is 28.0. The van der Waals surface area contributed by atoms with Gasteiger partial charge in [0, 0.05) is 30.6 Å². The third kappa shape index (κ3) is 8.51. The monoisotopic (exact) mass is 639 g/mol. The van der Waals surface area contributed by atoms with Crippen molar-refractivity contribution in [3.05, 3.63) is 94.7 Å². The van der Waals surface area contributed by atoms with Gasteiger partial charge in [0.1, 0.15) is 23.1 Å². The van der Waals surface area contributed by atoms with Crippen LogP contribution in [0.5, 0.6) is 17.2 Å². The van der Waals surface area contributed by atoms with Crippen LogP contribution in [0.25, 0.3) is 0 Å². The lowest BCUT2D eigenvalue weighted by Crippen LogP contribution is -2.36. The van der Waals surface area contributed by atoms with Crippen molar-refractivity contribution in [2.75, 3.05) is 50.7 Å². The molecule has 0 spiro atoms. The lowest BCUT2D eigenvalue weighted by Gasteiger charge is -2.32. The number of rotatable bonds is 13. The second kappa shape index (κ2) is 15.6. The number of methoxy groups -OCH3 is 2. The zero-order chi connectivity index (χ0) is 33.3. The van der Waals surface area contributed by atoms with Crippen LogP contribution in [0, 0.1) is 20.8 Å². The number of anilines is 3. The Hall–Kier alpha value is -4.83. The summed E-state index contributed by atoms with van der Waals surface area (Å²) in [6.45, 7) is 10.1. The molecule has 2 heterocycles. The van der Waals surface area contributed by atoms with E-state index < -0.39 is 12.1 Å². The molecule has 0 radical (unpaired) electrons. The molecule has 1 saturated heterocycles. The number of carboxylic acid groups (broad SMARTS) is 1. The highest BCUT2D eigenvalue weighted by atomic mass is 16.5. The van der Waals surface area contributed by atoms with E-state index in [9.17, 15) is 9.90 Å². The molecule has 1 aliphatic heterocycles. The van der Waals surface area contributed by atoms with Crippen LogP contribution in [0.2, 0.25) is 0 Å². The summed E-state index contributed by atoms with van der Waals surface area (Å²) in [6, 6.07) is 18.0. The van der Waals surface area contributed by atoms with Gasteiger partial charge in [0.2, 0.25) is 5.95 Å². The first-order valence-electron chi connectivity index (χ1n) is 16.1. The van der Waals surface area contributed by atoms with E-state index in [1.54, 1.807) is 32.5 Å². The highest BCUT2D eigenvalue weighted by Gasteiger charge is 2.33. The van der Waals surface area contributed by atoms with E-state index in [0.717, 1.165) is 46.7 Å². The van der Waals surface area contributed by atoms with Crippen molar-refractivity contribution in [1.29, 1.82) is 0 Å². The summed E-state index contributed by atoms with van der Waals surface area (Å²) in [6.07, 6.45) is 5.25. The molecular formula is C37H45N5O5. The third-order valence-electron chi connectivity index (χ3n) is 8.48. The van der Waals surface area contributed by atoms with Crippen molar-refractivity contribution >= 4 is 23.5 Å². The van der Waals surface area contributed by atoms with Gasteiger partial charge in [-0.25, -0.2) is 14.7 Å². The summed E-state index contributed by atoms with van der Waals surface area (Å²) in [5.41, 5.74) is 5.27. The Morgan fingerprint density at radius 3 is 2.30 bits per heavy atom. The van der Waals surface area contributed by atoms with Crippen LogP contribution in [0.4, 0.5) is 22.2 Å². The van der Waals surface area contributed by atoms with E-state index in [-0.39, 0.29) is 11.8 Å². The van der Waals surface area contributed by atoms with Crippen LogP contribution in [0.15, 0.2) is 66.9 Å². The fourth-order valence-electron chi connectivity index (χ4n) is 6.39. The van der Waals surface area contributed by atoms with Crippen LogP contribution in [0.1, 0.15) is 59.5 Å². The summed E-state index contributed by atoms with van der Waals surface area (Å²) in [4.78, 5) is 26.1. The molecule has 47 heavy (non-hydrogen) atoms. The molecule has 1 atom stereocenters. The number of likely N-dealkylation sites (tertiary alicyclic amines) is 1. The van der Waals surface area contributed by atoms with Crippen molar-refractivity contribution in [3.8, 4) is 17.2 Å². The van der Waals surface area contributed by atoms with E-state index in [4.69, 9.17) is 19.2 Å². The minimum Gasteiger partial charge on any atom is -0.497 e. The summed E-state index contributed by atoms with van der Waals surface area (Å²) in [5, 5.41) is 14.0. The second-order valence-electron chi connectivity index (χ2n) is 12.0. The van der Waals surface area contributed by atoms with Crippen molar-refractivity contribution < 1.29 is 24.1 Å². The van der Waals surface area contributed by atoms with Crippen molar-refractivity contribution in [1.82, 2.24) is 14.9 Å². The van der Waals surface area contributed by atoms with Gasteiger partial charge in [-0.05, 0) is 106 Å². The lowest BCUT2D eigenvalue weighted by atomic mass is 9.88. The maximum absolute atomic E-state index is 13.2. The predicted octanol–water partition coefficient (Wildman–Crippen LogP) is 7.69. The molecule has 4 aromatic rings. The molecule has 10 nitrogen and oxygen atoms in total. The number of benzene rings is 3. The number of hydrogen-bond donors (Lipinski definition) is 2. The van der Waals surface area contributed by atoms with Crippen molar-refractivity contribution in [3.63, 3.8) is 0 Å². The first kappa shape index (κ1) is 33.5. The maximum atomic E-state index is 13.2. The molecule has 1 amide bonds. The van der Waals surface area contributed by atoms with Gasteiger partial charge < -0.3 is 29.5 Å². The van der Waals surface area contributed by atoms with E-state index in [0.29, 0.717) is 23.7 Å². The molecule has 1 fully saturated rings. The highest BCUT2D eigenvalue weighted by Crippen LogP contribution is 2.39. The standard InChI is InChI=1S/C37H45N5O5/c1-25-19-26(2)34(27(3)20-25)35(28-21-31(45-4)24-32(22-28)46-5)42(37(43)44)33-13-14-38-36(40-33)39-29-11-9-12-30(23-29)47-18-10-17-41-15-7-6-8-16-41/h9,11-14,19-24,35H,6-8,10,15-18H2,1-5H3,(H,43,44)(H,38,39,40). The number of hydrogen-bond acceptors (Lipinski definition) is 8. The molecule has 5 rings (SSSR count). The van der Waals surface area contributed by atoms with Gasteiger partial charge in [-0.2, -0.15) is 4.98 Å². The average Bonchev–Trinajstić information content (AvgIpc) is 3.06. The smallest absolute Gasteiger partial charge is 0.413 e. The number of aryl methyl sites for hydroxylation is 3. The molecule has 3 aromatic carbocycles. The first-order chi connectivity index (χ1) is 22.7. The Balaban J connectivity index is 1.43. The summed E-state index contributed by atoms with van der Waals surface area (Å²) >= 11 is 0. The van der Waals surface area contributed by atoms with Gasteiger partial charge >= 0.3 is 6.09 Å². The SMILES string of the molecule is COc1cc(OC)cc(C(c2c(C)cc(C)cc2C)N(C(=O)O)c2ccnc(Nc3cccc(OCCCN4CCCCC4)c3)n2)c1. The van der Waals surface area contributed by atoms with E-state index in [1.165, 1.54) is 37.3 Å². The van der Waals surface area contributed by atoms with Crippen molar-refractivity contribution in [2.24, 2.45) is 0 Å². The molecule has 10 heteroatoms. The van der Waals surface area contributed by atoms with Crippen LogP contribution in [0.3, 0.4) is 0 Å². The summed E-state index contributed by atoms with van der Waals surface area (Å²) in [5.74, 6) is 2.32. The van der Waals surface area contributed by atoms with E-state index in [1.807, 2.05) is 57.2 Å². The number of amides is 1. The summed E-state index contributed by atoms with van der Waals surface area (Å²) in [7, 11) is 3.14. The zero-order valence-corrected chi connectivity index (χ0v) is 28.0. The highest BCUT2D eigenvalue weighted by molar-refractivity contribution is 5.87. The number of ether oxygens (including phenoxy) is 3. The number of carbonyl (C=O) groups is 1. The number of aromatic nitrogens is 2. The number of nitrogens with one attached hydrogen (secondary N) is 1. The Kier molecular flexibility index (Phi) is 11.2. The Bertz CT molecular complexity index is 1630. The molecule has 1 aromatic heterocycles. The van der Waals surface area contributed by atoms with Crippen LogP contribution in [-0.4, -0.2) is 66.5 Å². The first-order valence-corrected chi connectivity index (χ1v) is 16.1. The number of piperidine rings is 1. The maximum Gasteiger partial charge on any atom is 0.413 e. The van der Waals surface area contributed by atoms with Gasteiger partial charge in [-0.15, -0.1) is 0 Å². The van der Waals surface area contributed by atoms with Crippen LogP contribution in [-0.2, 0) is 0 Å². The van der Waals surface area contributed by atoms with E-state index in [2.05, 4.69) is 27.3 Å². The fourth-order valence-corrected chi connectivity index (χ4v) is 6.39. The normalized spacial score (nSPS) is 13.9. The minimum absolute atomic E-state index is 0.214. The van der Waals surface area contributed by atoms with Crippen LogP contribution < -0.4 is 24.4 Å². The van der Waals surface area contributed by atoms with Gasteiger partial charge in [0.05, 0.1) is 26.9 Å². The van der Waals surface area contributed by atoms with Crippen LogP contribution >= 0.6 is 0 Å². The Labute approximate surface area is 277 Å². The molecule has 0 saturated carbocycles. The van der Waals surface area contributed by atoms with Gasteiger partial charge in [-0.1, -0.05) is 30.2 Å². The second-order valence-corrected chi connectivity index (χ2v) is 12.0. The predicted molar refractivity (Wildman–Crippen MR) is 185 cm³/mol. The molecular weight excluding hydrogens is 594 g/mol. The molecule has 1 aliphatic rings. The lowest BCUT2D eigenvalue weighted by molar-refractivity contribution is 0.199. The van der Waals surface area contributed by atoms with Crippen molar-refractivity contribution in [2.45, 2.75) is 52.5 Å². The summed E-state index contributed by atoms with van der Waals surface area (Å²) < 4.78 is 17.2. The minimum atomic E-state index is -1.17. The van der Waals surface area contributed by atoms with Gasteiger partial charge in [-0.3, -0.25) is 0 Å². The Morgan fingerprint density at radius 1 is 0.936 bits per heavy atom. The largest absolute Gasteiger partial charge is 0.497 e. The molecule has 248 valence electrons. The van der Waals surface area contributed by atoms with E-state index >= 15 is 0 Å². The van der Waals surface area contributed by atoms with Gasteiger partial charge in [0.15, 0.2) is 0 Å². The molecule has 2 N–H and O–H groups in total. The fraction of sp³-hybridized carbons (Fsp3) is 0.378. The Morgan fingerprint density at radius 2 is 1.64 bits per heavy atom. The topological polar surface area (TPSA) is 109 Å². The molecule has 0 aliphatic carbocycles. The number of nitrogens with zero attached hydrogens (tertiary/aromatic N) is 4. The molecule has 1 unspecified atom stereocenters. The average molecular weight is 640 g/mol. The quantitative estimate of drug-likeness (QED) is 0.142. The van der Waals surface area contributed by atoms with Gasteiger partial charge in [0.25, 0.3) is 0 Å². The molecule has 0 bridgehead atoms. The third-order valence-corrected chi connectivity index (χ3v) is 8.48.